The third kappa shape index (κ3) is 3.10. The molecular formula is C19H23N. The Labute approximate surface area is 122 Å². The van der Waals surface area contributed by atoms with E-state index in [0.29, 0.717) is 6.04 Å². The molecule has 0 N–H and O–H groups in total. The van der Waals surface area contributed by atoms with Gasteiger partial charge in [-0.05, 0) is 36.4 Å². The monoisotopic (exact) mass is 265 g/mol. The fourth-order valence-corrected chi connectivity index (χ4v) is 3.22. The van der Waals surface area contributed by atoms with Crippen molar-refractivity contribution in [1.29, 1.82) is 0 Å². The zero-order chi connectivity index (χ0) is 13.8. The van der Waals surface area contributed by atoms with Crippen LogP contribution in [0, 0.1) is 5.92 Å². The molecule has 0 amide bonds. The number of hydrogen-bond acceptors (Lipinski definition) is 1. The van der Waals surface area contributed by atoms with Crippen molar-refractivity contribution in [2.24, 2.45) is 5.92 Å². The van der Waals surface area contributed by atoms with Crippen LogP contribution in [0.4, 0.5) is 0 Å². The molecule has 104 valence electrons. The van der Waals surface area contributed by atoms with Gasteiger partial charge in [0, 0.05) is 12.6 Å². The van der Waals surface area contributed by atoms with Gasteiger partial charge >= 0.3 is 0 Å². The SMILES string of the molecule is C[C@@H]1CCN(Cc2ccccc2)[C@@H](c2ccccc2)C1. The van der Waals surface area contributed by atoms with E-state index in [1.54, 1.807) is 0 Å². The molecule has 2 aromatic rings. The normalized spacial score (nSPS) is 23.6. The topological polar surface area (TPSA) is 3.24 Å². The lowest BCUT2D eigenvalue weighted by Gasteiger charge is -2.39. The second-order valence-electron chi connectivity index (χ2n) is 6.01. The second kappa shape index (κ2) is 6.23. The molecule has 1 heteroatoms. The third-order valence-corrected chi connectivity index (χ3v) is 4.39. The number of benzene rings is 2. The van der Waals surface area contributed by atoms with Gasteiger partial charge in [-0.1, -0.05) is 67.6 Å². The van der Waals surface area contributed by atoms with Crippen molar-refractivity contribution in [2.45, 2.75) is 32.4 Å². The summed E-state index contributed by atoms with van der Waals surface area (Å²) in [4.78, 5) is 2.64. The Kier molecular flexibility index (Phi) is 4.17. The molecule has 1 aliphatic rings. The molecule has 3 rings (SSSR count). The molecule has 0 aromatic heterocycles. The summed E-state index contributed by atoms with van der Waals surface area (Å²) in [6, 6.07) is 22.4. The van der Waals surface area contributed by atoms with Crippen LogP contribution in [0.15, 0.2) is 60.7 Å². The van der Waals surface area contributed by atoms with Gasteiger partial charge < -0.3 is 0 Å². The standard InChI is InChI=1S/C19H23N/c1-16-12-13-20(15-17-8-4-2-5-9-17)19(14-16)18-10-6-3-7-11-18/h2-11,16,19H,12-15H2,1H3/t16-,19-/m1/s1. The Bertz CT molecular complexity index is 520. The van der Waals surface area contributed by atoms with Crippen LogP contribution >= 0.6 is 0 Å². The molecule has 1 aliphatic heterocycles. The maximum Gasteiger partial charge on any atom is 0.0354 e. The molecule has 0 spiro atoms. The van der Waals surface area contributed by atoms with Crippen molar-refractivity contribution >= 4 is 0 Å². The predicted molar refractivity (Wildman–Crippen MR) is 84.4 cm³/mol. The first kappa shape index (κ1) is 13.4. The predicted octanol–water partition coefficient (Wildman–Crippen LogP) is 4.66. The van der Waals surface area contributed by atoms with Gasteiger partial charge in [0.15, 0.2) is 0 Å². The molecular weight excluding hydrogens is 242 g/mol. The number of rotatable bonds is 3. The van der Waals surface area contributed by atoms with Crippen molar-refractivity contribution in [2.75, 3.05) is 6.54 Å². The van der Waals surface area contributed by atoms with Crippen molar-refractivity contribution in [3.8, 4) is 0 Å². The van der Waals surface area contributed by atoms with Crippen LogP contribution in [0.3, 0.4) is 0 Å². The van der Waals surface area contributed by atoms with Gasteiger partial charge in [0.2, 0.25) is 0 Å². The van der Waals surface area contributed by atoms with Crippen molar-refractivity contribution in [3.63, 3.8) is 0 Å². The number of likely N-dealkylation sites (tertiary alicyclic amines) is 1. The summed E-state index contributed by atoms with van der Waals surface area (Å²) in [5, 5.41) is 0. The lowest BCUT2D eigenvalue weighted by molar-refractivity contribution is 0.110. The van der Waals surface area contributed by atoms with Crippen LogP contribution in [0.5, 0.6) is 0 Å². The van der Waals surface area contributed by atoms with Crippen LogP contribution in [-0.4, -0.2) is 11.4 Å². The molecule has 0 aliphatic carbocycles. The Morgan fingerprint density at radius 2 is 1.60 bits per heavy atom. The van der Waals surface area contributed by atoms with Crippen LogP contribution in [-0.2, 0) is 6.54 Å². The molecule has 0 saturated carbocycles. The summed E-state index contributed by atoms with van der Waals surface area (Å²) >= 11 is 0. The second-order valence-corrected chi connectivity index (χ2v) is 6.01. The minimum absolute atomic E-state index is 0.570. The summed E-state index contributed by atoms with van der Waals surface area (Å²) in [5.41, 5.74) is 2.89. The first-order valence-corrected chi connectivity index (χ1v) is 7.66. The third-order valence-electron chi connectivity index (χ3n) is 4.39. The Balaban J connectivity index is 1.80. The van der Waals surface area contributed by atoms with Gasteiger partial charge in [0.1, 0.15) is 0 Å². The smallest absolute Gasteiger partial charge is 0.0354 e. The van der Waals surface area contributed by atoms with Crippen molar-refractivity contribution in [1.82, 2.24) is 4.90 Å². The minimum Gasteiger partial charge on any atom is -0.292 e. The van der Waals surface area contributed by atoms with E-state index in [1.165, 1.54) is 30.5 Å². The zero-order valence-corrected chi connectivity index (χ0v) is 12.2. The zero-order valence-electron chi connectivity index (χ0n) is 12.2. The molecule has 20 heavy (non-hydrogen) atoms. The highest BCUT2D eigenvalue weighted by Gasteiger charge is 2.27. The molecule has 1 nitrogen and oxygen atoms in total. The van der Waals surface area contributed by atoms with E-state index < -0.39 is 0 Å². The van der Waals surface area contributed by atoms with Crippen LogP contribution in [0.25, 0.3) is 0 Å². The lowest BCUT2D eigenvalue weighted by Crippen LogP contribution is -2.35. The highest BCUT2D eigenvalue weighted by molar-refractivity contribution is 5.21. The fourth-order valence-electron chi connectivity index (χ4n) is 3.22. The molecule has 1 saturated heterocycles. The highest BCUT2D eigenvalue weighted by atomic mass is 15.2. The van der Waals surface area contributed by atoms with E-state index in [9.17, 15) is 0 Å². The van der Waals surface area contributed by atoms with E-state index in [0.717, 1.165) is 12.5 Å². The molecule has 0 unspecified atom stereocenters. The molecule has 1 heterocycles. The van der Waals surface area contributed by atoms with E-state index >= 15 is 0 Å². The first-order valence-electron chi connectivity index (χ1n) is 7.66. The molecule has 0 radical (unpaired) electrons. The summed E-state index contributed by atoms with van der Waals surface area (Å²) in [6.07, 6.45) is 2.59. The van der Waals surface area contributed by atoms with Crippen molar-refractivity contribution < 1.29 is 0 Å². The van der Waals surface area contributed by atoms with Gasteiger partial charge in [-0.25, -0.2) is 0 Å². The summed E-state index contributed by atoms with van der Waals surface area (Å²) < 4.78 is 0. The van der Waals surface area contributed by atoms with Gasteiger partial charge in [-0.2, -0.15) is 0 Å². The number of hydrogen-bond donors (Lipinski definition) is 0. The largest absolute Gasteiger partial charge is 0.292 e. The Morgan fingerprint density at radius 3 is 2.30 bits per heavy atom. The van der Waals surface area contributed by atoms with Crippen LogP contribution in [0.1, 0.15) is 36.9 Å². The van der Waals surface area contributed by atoms with Crippen molar-refractivity contribution in [3.05, 3.63) is 71.8 Å². The maximum atomic E-state index is 2.64. The van der Waals surface area contributed by atoms with E-state index in [-0.39, 0.29) is 0 Å². The van der Waals surface area contributed by atoms with E-state index in [1.807, 2.05) is 0 Å². The van der Waals surface area contributed by atoms with Crippen LogP contribution in [0.2, 0.25) is 0 Å². The fraction of sp³-hybridized carbons (Fsp3) is 0.368. The highest BCUT2D eigenvalue weighted by Crippen LogP contribution is 2.34. The van der Waals surface area contributed by atoms with Crippen LogP contribution < -0.4 is 0 Å². The van der Waals surface area contributed by atoms with Gasteiger partial charge in [-0.15, -0.1) is 0 Å². The minimum atomic E-state index is 0.570. The Hall–Kier alpha value is -1.60. The quantitative estimate of drug-likeness (QED) is 0.780. The molecule has 2 aromatic carbocycles. The van der Waals surface area contributed by atoms with Gasteiger partial charge in [-0.3, -0.25) is 4.90 Å². The summed E-state index contributed by atoms with van der Waals surface area (Å²) in [7, 11) is 0. The Morgan fingerprint density at radius 1 is 0.950 bits per heavy atom. The number of nitrogens with zero attached hydrogens (tertiary/aromatic N) is 1. The lowest BCUT2D eigenvalue weighted by atomic mass is 9.88. The average Bonchev–Trinajstić information content (AvgIpc) is 2.51. The summed E-state index contributed by atoms with van der Waals surface area (Å²) in [5.74, 6) is 0.826. The van der Waals surface area contributed by atoms with E-state index in [4.69, 9.17) is 0 Å². The maximum absolute atomic E-state index is 2.64. The average molecular weight is 265 g/mol. The van der Waals surface area contributed by atoms with E-state index in [2.05, 4.69) is 72.5 Å². The van der Waals surface area contributed by atoms with Gasteiger partial charge in [0.25, 0.3) is 0 Å². The molecule has 0 bridgehead atoms. The molecule has 2 atom stereocenters. The number of piperidine rings is 1. The molecule has 1 fully saturated rings. The van der Waals surface area contributed by atoms with Gasteiger partial charge in [0.05, 0.1) is 0 Å². The first-order chi connectivity index (χ1) is 9.83. The summed E-state index contributed by atoms with van der Waals surface area (Å²) in [6.45, 7) is 4.65.